The quantitative estimate of drug-likeness (QED) is 0.601. The first-order chi connectivity index (χ1) is 9.24. The fourth-order valence-corrected chi connectivity index (χ4v) is 1.79. The Kier molecular flexibility index (Phi) is 4.26. The number of benzene rings is 1. The Morgan fingerprint density at radius 1 is 1.47 bits per heavy atom. The molecule has 0 saturated heterocycles. The SMILES string of the molecule is C=COC(=O)CC1(C=Cc2ccccc2)N=CCO1. The van der Waals surface area contributed by atoms with Gasteiger partial charge >= 0.3 is 5.97 Å². The lowest BCUT2D eigenvalue weighted by Crippen LogP contribution is -2.28. The van der Waals surface area contributed by atoms with Crippen molar-refractivity contribution in [3.63, 3.8) is 0 Å². The van der Waals surface area contributed by atoms with Gasteiger partial charge in [0.05, 0.1) is 19.3 Å². The van der Waals surface area contributed by atoms with Crippen LogP contribution >= 0.6 is 0 Å². The van der Waals surface area contributed by atoms with Gasteiger partial charge in [0.1, 0.15) is 0 Å². The smallest absolute Gasteiger partial charge is 0.315 e. The monoisotopic (exact) mass is 257 g/mol. The van der Waals surface area contributed by atoms with Crippen molar-refractivity contribution in [1.29, 1.82) is 0 Å². The largest absolute Gasteiger partial charge is 0.435 e. The first kappa shape index (κ1) is 13.2. The summed E-state index contributed by atoms with van der Waals surface area (Å²) in [5, 5.41) is 0. The van der Waals surface area contributed by atoms with Crippen molar-refractivity contribution in [2.45, 2.75) is 12.1 Å². The number of carbonyl (C=O) groups is 1. The maximum Gasteiger partial charge on any atom is 0.315 e. The minimum atomic E-state index is -0.962. The number of hydrogen-bond donors (Lipinski definition) is 0. The topological polar surface area (TPSA) is 47.9 Å². The third-order valence-corrected chi connectivity index (χ3v) is 2.67. The van der Waals surface area contributed by atoms with E-state index in [9.17, 15) is 4.79 Å². The number of rotatable bonds is 5. The van der Waals surface area contributed by atoms with Crippen LogP contribution in [0.4, 0.5) is 0 Å². The predicted molar refractivity (Wildman–Crippen MR) is 73.6 cm³/mol. The Morgan fingerprint density at radius 2 is 2.26 bits per heavy atom. The summed E-state index contributed by atoms with van der Waals surface area (Å²) in [6.45, 7) is 3.74. The van der Waals surface area contributed by atoms with Crippen molar-refractivity contribution in [3.05, 3.63) is 54.8 Å². The summed E-state index contributed by atoms with van der Waals surface area (Å²) in [5.41, 5.74) is 0.0558. The molecule has 0 fully saturated rings. The van der Waals surface area contributed by atoms with Crippen molar-refractivity contribution in [2.24, 2.45) is 4.99 Å². The van der Waals surface area contributed by atoms with Gasteiger partial charge in [-0.25, -0.2) is 0 Å². The highest BCUT2D eigenvalue weighted by molar-refractivity contribution is 5.74. The second-order valence-electron chi connectivity index (χ2n) is 4.04. The minimum Gasteiger partial charge on any atom is -0.435 e. The van der Waals surface area contributed by atoms with Crippen LogP contribution in [0.25, 0.3) is 6.08 Å². The Hall–Kier alpha value is -2.20. The summed E-state index contributed by atoms with van der Waals surface area (Å²) in [6, 6.07) is 9.75. The Bertz CT molecular complexity index is 507. The molecule has 1 heterocycles. The molecule has 1 aliphatic rings. The molecule has 0 N–H and O–H groups in total. The van der Waals surface area contributed by atoms with Gasteiger partial charge in [0.15, 0.2) is 5.72 Å². The van der Waals surface area contributed by atoms with Crippen LogP contribution in [0.5, 0.6) is 0 Å². The molecule has 1 atom stereocenters. The highest BCUT2D eigenvalue weighted by atomic mass is 16.5. The number of carbonyl (C=O) groups excluding carboxylic acids is 1. The van der Waals surface area contributed by atoms with E-state index in [0.717, 1.165) is 11.8 Å². The number of ether oxygens (including phenoxy) is 2. The van der Waals surface area contributed by atoms with E-state index in [4.69, 9.17) is 9.47 Å². The molecule has 4 heteroatoms. The molecule has 0 radical (unpaired) electrons. The lowest BCUT2D eigenvalue weighted by Gasteiger charge is -2.20. The molecule has 2 rings (SSSR count). The van der Waals surface area contributed by atoms with Crippen LogP contribution < -0.4 is 0 Å². The van der Waals surface area contributed by atoms with Gasteiger partial charge in [0.2, 0.25) is 0 Å². The standard InChI is InChI=1S/C15H15NO3/c1-2-18-14(17)12-15(16-10-11-19-15)9-8-13-6-4-3-5-7-13/h2-10H,1,11-12H2. The summed E-state index contributed by atoms with van der Waals surface area (Å²) >= 11 is 0. The van der Waals surface area contributed by atoms with E-state index in [-0.39, 0.29) is 6.42 Å². The van der Waals surface area contributed by atoms with E-state index in [0.29, 0.717) is 6.61 Å². The Morgan fingerprint density at radius 3 is 2.89 bits per heavy atom. The fourth-order valence-electron chi connectivity index (χ4n) is 1.79. The lowest BCUT2D eigenvalue weighted by atomic mass is 10.1. The summed E-state index contributed by atoms with van der Waals surface area (Å²) in [7, 11) is 0. The zero-order valence-corrected chi connectivity index (χ0v) is 10.5. The summed E-state index contributed by atoms with van der Waals surface area (Å²) in [5.74, 6) is -0.424. The van der Waals surface area contributed by atoms with Gasteiger partial charge in [0, 0.05) is 6.21 Å². The van der Waals surface area contributed by atoms with Gasteiger partial charge < -0.3 is 9.47 Å². The van der Waals surface area contributed by atoms with Crippen LogP contribution in [0, 0.1) is 0 Å². The normalized spacial score (nSPS) is 21.7. The van der Waals surface area contributed by atoms with Crippen molar-refractivity contribution in [1.82, 2.24) is 0 Å². The van der Waals surface area contributed by atoms with E-state index in [2.05, 4.69) is 11.6 Å². The molecular weight excluding hydrogens is 242 g/mol. The van der Waals surface area contributed by atoms with Crippen molar-refractivity contribution < 1.29 is 14.3 Å². The van der Waals surface area contributed by atoms with Gasteiger partial charge in [-0.05, 0) is 11.6 Å². The number of aliphatic imine (C=N–C) groups is 1. The second-order valence-corrected chi connectivity index (χ2v) is 4.04. The zero-order valence-electron chi connectivity index (χ0n) is 10.5. The molecule has 0 aliphatic carbocycles. The zero-order chi connectivity index (χ0) is 13.6. The molecule has 1 aliphatic heterocycles. The highest BCUT2D eigenvalue weighted by Crippen LogP contribution is 2.25. The number of nitrogens with zero attached hydrogens (tertiary/aromatic N) is 1. The molecular formula is C15H15NO3. The van der Waals surface area contributed by atoms with E-state index >= 15 is 0 Å². The van der Waals surface area contributed by atoms with Crippen LogP contribution in [0.2, 0.25) is 0 Å². The van der Waals surface area contributed by atoms with Gasteiger partial charge in [-0.15, -0.1) is 0 Å². The molecule has 0 amide bonds. The molecule has 4 nitrogen and oxygen atoms in total. The summed E-state index contributed by atoms with van der Waals surface area (Å²) < 4.78 is 10.3. The molecule has 0 bridgehead atoms. The van der Waals surface area contributed by atoms with Crippen molar-refractivity contribution in [2.75, 3.05) is 6.61 Å². The second kappa shape index (κ2) is 6.11. The number of esters is 1. The third kappa shape index (κ3) is 3.63. The van der Waals surface area contributed by atoms with Gasteiger partial charge in [-0.3, -0.25) is 9.79 Å². The van der Waals surface area contributed by atoms with E-state index in [1.54, 1.807) is 12.3 Å². The maximum absolute atomic E-state index is 11.5. The number of hydrogen-bond acceptors (Lipinski definition) is 4. The van der Waals surface area contributed by atoms with Crippen molar-refractivity contribution >= 4 is 18.3 Å². The van der Waals surface area contributed by atoms with Crippen LogP contribution in [0.3, 0.4) is 0 Å². The first-order valence-corrected chi connectivity index (χ1v) is 5.96. The van der Waals surface area contributed by atoms with Crippen LogP contribution in [-0.4, -0.2) is 24.5 Å². The molecule has 1 aromatic rings. The minimum absolute atomic E-state index is 0.0266. The molecule has 0 spiro atoms. The van der Waals surface area contributed by atoms with E-state index in [1.165, 1.54) is 0 Å². The molecule has 1 unspecified atom stereocenters. The first-order valence-electron chi connectivity index (χ1n) is 5.96. The van der Waals surface area contributed by atoms with E-state index < -0.39 is 11.7 Å². The third-order valence-electron chi connectivity index (χ3n) is 2.67. The van der Waals surface area contributed by atoms with Gasteiger partial charge in [0.25, 0.3) is 0 Å². The average Bonchev–Trinajstić information content (AvgIpc) is 2.87. The Labute approximate surface area is 112 Å². The maximum atomic E-state index is 11.5. The summed E-state index contributed by atoms with van der Waals surface area (Å²) in [6.07, 6.45) is 6.44. The lowest BCUT2D eigenvalue weighted by molar-refractivity contribution is -0.142. The van der Waals surface area contributed by atoms with Gasteiger partial charge in [-0.1, -0.05) is 43.0 Å². The molecule has 0 aromatic heterocycles. The molecule has 0 saturated carbocycles. The average molecular weight is 257 g/mol. The highest BCUT2D eigenvalue weighted by Gasteiger charge is 2.33. The predicted octanol–water partition coefficient (Wildman–Crippen LogP) is 2.57. The van der Waals surface area contributed by atoms with E-state index in [1.807, 2.05) is 36.4 Å². The fraction of sp³-hybridized carbons (Fsp3) is 0.200. The Balaban J connectivity index is 2.12. The van der Waals surface area contributed by atoms with Crippen molar-refractivity contribution in [3.8, 4) is 0 Å². The summed E-state index contributed by atoms with van der Waals surface area (Å²) in [4.78, 5) is 15.8. The van der Waals surface area contributed by atoms with Crippen LogP contribution in [-0.2, 0) is 14.3 Å². The molecule has 19 heavy (non-hydrogen) atoms. The van der Waals surface area contributed by atoms with Crippen LogP contribution in [0.1, 0.15) is 12.0 Å². The molecule has 98 valence electrons. The van der Waals surface area contributed by atoms with Gasteiger partial charge in [-0.2, -0.15) is 0 Å². The van der Waals surface area contributed by atoms with Crippen LogP contribution in [0.15, 0.2) is 54.2 Å². The molecule has 1 aromatic carbocycles.